The van der Waals surface area contributed by atoms with E-state index in [4.69, 9.17) is 0 Å². The molecular weight excluding hydrogens is 301 g/mol. The van der Waals surface area contributed by atoms with Gasteiger partial charge in [-0.3, -0.25) is 4.79 Å². The van der Waals surface area contributed by atoms with Crippen LogP contribution in [0.1, 0.15) is 17.5 Å². The van der Waals surface area contributed by atoms with Crippen LogP contribution in [-0.2, 0) is 11.2 Å². The zero-order valence-electron chi connectivity index (χ0n) is 8.92. The van der Waals surface area contributed by atoms with E-state index in [1.807, 2.05) is 31.2 Å². The average Bonchev–Trinajstić information content (AvgIpc) is 2.22. The second kappa shape index (κ2) is 6.82. The van der Waals surface area contributed by atoms with Crippen molar-refractivity contribution in [1.29, 1.82) is 0 Å². The van der Waals surface area contributed by atoms with Crippen LogP contribution in [0.15, 0.2) is 24.3 Å². The average molecular weight is 317 g/mol. The summed E-state index contributed by atoms with van der Waals surface area (Å²) in [6, 6.07) is 8.01. The van der Waals surface area contributed by atoms with E-state index in [1.165, 1.54) is 5.56 Å². The summed E-state index contributed by atoms with van der Waals surface area (Å²) in [6.45, 7) is 2.82. The molecule has 0 atom stereocenters. The quantitative estimate of drug-likeness (QED) is 0.505. The third-order valence-electron chi connectivity index (χ3n) is 2.24. The van der Waals surface area contributed by atoms with Crippen LogP contribution in [0.4, 0.5) is 0 Å². The van der Waals surface area contributed by atoms with Gasteiger partial charge in [-0.15, -0.1) is 0 Å². The van der Waals surface area contributed by atoms with E-state index >= 15 is 0 Å². The molecule has 1 N–H and O–H groups in total. The number of halogens is 1. The van der Waals surface area contributed by atoms with Gasteiger partial charge in [0, 0.05) is 11.0 Å². The number of hydrogen-bond acceptors (Lipinski definition) is 1. The fourth-order valence-electron chi connectivity index (χ4n) is 1.34. The molecule has 1 aromatic carbocycles. The lowest BCUT2D eigenvalue weighted by molar-refractivity contribution is -0.120. The van der Waals surface area contributed by atoms with Gasteiger partial charge in [-0.05, 0) is 24.5 Å². The number of nitrogens with one attached hydrogen (secondary N) is 1. The lowest BCUT2D eigenvalue weighted by atomic mass is 10.1. The highest BCUT2D eigenvalue weighted by molar-refractivity contribution is 14.1. The molecule has 2 nitrogen and oxygen atoms in total. The predicted octanol–water partition coefficient (Wildman–Crippen LogP) is 2.48. The van der Waals surface area contributed by atoms with E-state index in [1.54, 1.807) is 0 Å². The van der Waals surface area contributed by atoms with Gasteiger partial charge in [0.05, 0.1) is 6.42 Å². The minimum absolute atomic E-state index is 0.120. The fraction of sp³-hybridized carbons (Fsp3) is 0.417. The highest BCUT2D eigenvalue weighted by Gasteiger charge is 2.03. The van der Waals surface area contributed by atoms with E-state index in [2.05, 4.69) is 27.9 Å². The van der Waals surface area contributed by atoms with E-state index in [-0.39, 0.29) is 5.91 Å². The first-order valence-corrected chi connectivity index (χ1v) is 6.63. The number of rotatable bonds is 5. The third kappa shape index (κ3) is 4.64. The highest BCUT2D eigenvalue weighted by Crippen LogP contribution is 2.07. The Bertz CT molecular complexity index is 325. The molecule has 0 radical (unpaired) electrons. The van der Waals surface area contributed by atoms with Crippen molar-refractivity contribution in [3.05, 3.63) is 35.4 Å². The Morgan fingerprint density at radius 3 is 2.80 bits per heavy atom. The molecule has 0 aromatic heterocycles. The number of benzene rings is 1. The Kier molecular flexibility index (Phi) is 5.68. The first-order valence-electron chi connectivity index (χ1n) is 5.11. The third-order valence-corrected chi connectivity index (χ3v) is 3.01. The maximum Gasteiger partial charge on any atom is 0.224 e. The Balaban J connectivity index is 2.41. The Labute approximate surface area is 105 Å². The second-order valence-electron chi connectivity index (χ2n) is 3.50. The molecule has 0 bridgehead atoms. The first-order chi connectivity index (χ1) is 7.24. The smallest absolute Gasteiger partial charge is 0.224 e. The molecule has 0 fully saturated rings. The van der Waals surface area contributed by atoms with Crippen molar-refractivity contribution >= 4 is 28.5 Å². The second-order valence-corrected chi connectivity index (χ2v) is 4.57. The minimum Gasteiger partial charge on any atom is -0.356 e. The minimum atomic E-state index is 0.120. The molecule has 0 aliphatic carbocycles. The topological polar surface area (TPSA) is 29.1 Å². The zero-order valence-corrected chi connectivity index (χ0v) is 11.1. The SMILES string of the molecule is Cc1ccccc1CC(=O)NCCCI. The lowest BCUT2D eigenvalue weighted by Crippen LogP contribution is -2.26. The number of aryl methyl sites for hydroxylation is 1. The summed E-state index contributed by atoms with van der Waals surface area (Å²) in [5.74, 6) is 0.120. The van der Waals surface area contributed by atoms with Crippen LogP contribution >= 0.6 is 22.6 Å². The van der Waals surface area contributed by atoms with Crippen LogP contribution in [0.2, 0.25) is 0 Å². The van der Waals surface area contributed by atoms with E-state index < -0.39 is 0 Å². The zero-order chi connectivity index (χ0) is 11.1. The van der Waals surface area contributed by atoms with Crippen molar-refractivity contribution in [3.8, 4) is 0 Å². The Morgan fingerprint density at radius 1 is 1.40 bits per heavy atom. The summed E-state index contributed by atoms with van der Waals surface area (Å²) in [6.07, 6.45) is 1.54. The van der Waals surface area contributed by atoms with Gasteiger partial charge >= 0.3 is 0 Å². The molecular formula is C12H16INO. The molecule has 0 saturated heterocycles. The lowest BCUT2D eigenvalue weighted by Gasteiger charge is -2.06. The largest absolute Gasteiger partial charge is 0.356 e. The van der Waals surface area contributed by atoms with Crippen molar-refractivity contribution in [3.63, 3.8) is 0 Å². The summed E-state index contributed by atoms with van der Waals surface area (Å²) < 4.78 is 1.09. The molecule has 0 spiro atoms. The molecule has 1 amide bonds. The van der Waals surface area contributed by atoms with Crippen molar-refractivity contribution in [1.82, 2.24) is 5.32 Å². The van der Waals surface area contributed by atoms with Gasteiger partial charge in [-0.2, -0.15) is 0 Å². The molecule has 0 heterocycles. The molecule has 82 valence electrons. The molecule has 0 unspecified atom stereocenters. The van der Waals surface area contributed by atoms with Gasteiger partial charge in [0.1, 0.15) is 0 Å². The maximum absolute atomic E-state index is 11.5. The van der Waals surface area contributed by atoms with Gasteiger partial charge in [0.25, 0.3) is 0 Å². The molecule has 0 aliphatic heterocycles. The summed E-state index contributed by atoms with van der Waals surface area (Å²) >= 11 is 2.31. The molecule has 0 saturated carbocycles. The standard InChI is InChI=1S/C12H16INO/c1-10-5-2-3-6-11(10)9-12(15)14-8-4-7-13/h2-3,5-6H,4,7-9H2,1H3,(H,14,15). The molecule has 1 aromatic rings. The Hall–Kier alpha value is -0.580. The molecule has 0 aliphatic rings. The van der Waals surface area contributed by atoms with Crippen LogP contribution in [-0.4, -0.2) is 16.9 Å². The number of hydrogen-bond donors (Lipinski definition) is 1. The van der Waals surface area contributed by atoms with Crippen LogP contribution in [0.25, 0.3) is 0 Å². The summed E-state index contributed by atoms with van der Waals surface area (Å²) in [5.41, 5.74) is 2.30. The van der Waals surface area contributed by atoms with E-state index in [0.717, 1.165) is 23.0 Å². The molecule has 1 rings (SSSR count). The van der Waals surface area contributed by atoms with Gasteiger partial charge in [0.2, 0.25) is 5.91 Å². The Morgan fingerprint density at radius 2 is 2.13 bits per heavy atom. The van der Waals surface area contributed by atoms with Gasteiger partial charge < -0.3 is 5.32 Å². The maximum atomic E-state index is 11.5. The normalized spacial score (nSPS) is 10.0. The number of alkyl halides is 1. The summed E-state index contributed by atoms with van der Waals surface area (Å²) in [4.78, 5) is 11.5. The first kappa shape index (κ1) is 12.5. The van der Waals surface area contributed by atoms with Crippen LogP contribution in [0, 0.1) is 6.92 Å². The highest BCUT2D eigenvalue weighted by atomic mass is 127. The number of amides is 1. The fourth-order valence-corrected chi connectivity index (χ4v) is 1.72. The summed E-state index contributed by atoms with van der Waals surface area (Å²) in [5, 5.41) is 2.92. The van der Waals surface area contributed by atoms with Crippen molar-refractivity contribution in [2.24, 2.45) is 0 Å². The van der Waals surface area contributed by atoms with Gasteiger partial charge in [-0.25, -0.2) is 0 Å². The van der Waals surface area contributed by atoms with Crippen LogP contribution in [0.5, 0.6) is 0 Å². The van der Waals surface area contributed by atoms with E-state index in [0.29, 0.717) is 6.42 Å². The van der Waals surface area contributed by atoms with Gasteiger partial charge in [-0.1, -0.05) is 46.9 Å². The predicted molar refractivity (Wildman–Crippen MR) is 71.4 cm³/mol. The van der Waals surface area contributed by atoms with Crippen molar-refractivity contribution in [2.45, 2.75) is 19.8 Å². The monoisotopic (exact) mass is 317 g/mol. The van der Waals surface area contributed by atoms with Crippen molar-refractivity contribution in [2.75, 3.05) is 11.0 Å². The van der Waals surface area contributed by atoms with Gasteiger partial charge in [0.15, 0.2) is 0 Å². The number of carbonyl (C=O) groups is 1. The number of carbonyl (C=O) groups excluding carboxylic acids is 1. The van der Waals surface area contributed by atoms with E-state index in [9.17, 15) is 4.79 Å². The van der Waals surface area contributed by atoms with Crippen molar-refractivity contribution < 1.29 is 4.79 Å². The van der Waals surface area contributed by atoms with Crippen LogP contribution in [0.3, 0.4) is 0 Å². The molecule has 3 heteroatoms. The van der Waals surface area contributed by atoms with Crippen LogP contribution < -0.4 is 5.32 Å². The summed E-state index contributed by atoms with van der Waals surface area (Å²) in [7, 11) is 0. The molecule has 15 heavy (non-hydrogen) atoms.